The summed E-state index contributed by atoms with van der Waals surface area (Å²) >= 11 is 1.13. The number of aromatic nitrogens is 3. The minimum atomic E-state index is -0.916. The molecule has 2 amide bonds. The molecule has 5 rings (SSSR count). The quantitative estimate of drug-likeness (QED) is 0.282. The zero-order valence-corrected chi connectivity index (χ0v) is 24.3. The van der Waals surface area contributed by atoms with Crippen molar-refractivity contribution in [2.24, 2.45) is 7.05 Å². The lowest BCUT2D eigenvalue weighted by molar-refractivity contribution is 0.159. The van der Waals surface area contributed by atoms with Crippen molar-refractivity contribution in [2.45, 2.75) is 23.9 Å². The molecule has 2 N–H and O–H groups in total. The normalized spacial score (nSPS) is 17.0. The van der Waals surface area contributed by atoms with E-state index in [-0.39, 0.29) is 17.5 Å². The number of nitrogens with zero attached hydrogens (tertiary/aromatic N) is 4. The number of hydrogen-bond acceptors (Lipinski definition) is 6. The fourth-order valence-corrected chi connectivity index (χ4v) is 5.89. The number of urea groups is 1. The van der Waals surface area contributed by atoms with E-state index in [1.807, 2.05) is 37.3 Å². The molecular formula is C30H32F2N6O3S. The summed E-state index contributed by atoms with van der Waals surface area (Å²) < 4.78 is 39.1. The molecule has 0 unspecified atom stereocenters. The van der Waals surface area contributed by atoms with Gasteiger partial charge in [-0.1, -0.05) is 24.3 Å². The number of benzene rings is 2. The molecule has 42 heavy (non-hydrogen) atoms. The van der Waals surface area contributed by atoms with Gasteiger partial charge in [0.25, 0.3) is 0 Å². The van der Waals surface area contributed by atoms with Gasteiger partial charge in [-0.05, 0) is 42.8 Å². The van der Waals surface area contributed by atoms with Crippen LogP contribution in [0.4, 0.5) is 13.6 Å². The number of para-hydroxylation sites is 1. The standard InChI is InChI=1S/C30H32F2N6O3S/c1-19-28(21-10-12-27(39)36(2)16-21)34-38(22-7-5-4-6-8-22)29(19)42-35-30(40)33-26-18-37(13-14-41-3)17-23(26)20-9-11-24(31)25(32)15-20/h4-12,15-16,23,26H,13-14,17-18H2,1-3H3,(H2,33,35,40)/t23-,26+/m0/s1. The third-order valence-electron chi connectivity index (χ3n) is 7.36. The summed E-state index contributed by atoms with van der Waals surface area (Å²) in [5.41, 5.74) is 3.58. The lowest BCUT2D eigenvalue weighted by atomic mass is 9.94. The second kappa shape index (κ2) is 12.9. The highest BCUT2D eigenvalue weighted by Gasteiger charge is 2.35. The average molecular weight is 595 g/mol. The third kappa shape index (κ3) is 6.40. The van der Waals surface area contributed by atoms with Crippen LogP contribution in [0, 0.1) is 18.6 Å². The fourth-order valence-electron chi connectivity index (χ4n) is 5.16. The van der Waals surface area contributed by atoms with Crippen molar-refractivity contribution in [3.8, 4) is 16.9 Å². The third-order valence-corrected chi connectivity index (χ3v) is 8.32. The smallest absolute Gasteiger partial charge is 0.325 e. The van der Waals surface area contributed by atoms with Gasteiger partial charge in [0.15, 0.2) is 11.6 Å². The highest BCUT2D eigenvalue weighted by atomic mass is 32.2. The maximum atomic E-state index is 14.1. The van der Waals surface area contributed by atoms with Crippen LogP contribution in [0.5, 0.6) is 0 Å². The molecule has 12 heteroatoms. The van der Waals surface area contributed by atoms with Gasteiger partial charge in [-0.15, -0.1) is 0 Å². The van der Waals surface area contributed by atoms with Crippen molar-refractivity contribution < 1.29 is 18.3 Å². The van der Waals surface area contributed by atoms with Crippen molar-refractivity contribution in [3.05, 3.63) is 100.0 Å². The molecule has 0 saturated carbocycles. The van der Waals surface area contributed by atoms with E-state index in [2.05, 4.69) is 14.9 Å². The summed E-state index contributed by atoms with van der Waals surface area (Å²) in [5.74, 6) is -2.06. The molecule has 0 aliphatic carbocycles. The summed E-state index contributed by atoms with van der Waals surface area (Å²) in [4.78, 5) is 27.3. The first kappa shape index (κ1) is 29.5. The Labute approximate surface area is 246 Å². The second-order valence-electron chi connectivity index (χ2n) is 10.2. The van der Waals surface area contributed by atoms with Gasteiger partial charge in [-0.2, -0.15) is 5.10 Å². The Kier molecular flexibility index (Phi) is 9.05. The van der Waals surface area contributed by atoms with Gasteiger partial charge >= 0.3 is 6.03 Å². The Morgan fingerprint density at radius 1 is 1.10 bits per heavy atom. The Bertz CT molecular complexity index is 1630. The van der Waals surface area contributed by atoms with Gasteiger partial charge in [0.1, 0.15) is 5.03 Å². The number of carbonyl (C=O) groups excluding carboxylic acids is 1. The highest BCUT2D eigenvalue weighted by Crippen LogP contribution is 2.32. The van der Waals surface area contributed by atoms with Gasteiger partial charge in [-0.25, -0.2) is 18.3 Å². The predicted octanol–water partition coefficient (Wildman–Crippen LogP) is 4.25. The van der Waals surface area contributed by atoms with Crippen LogP contribution in [0.3, 0.4) is 0 Å². The molecule has 2 aromatic heterocycles. The number of aryl methyl sites for hydroxylation is 1. The van der Waals surface area contributed by atoms with Crippen LogP contribution in [-0.2, 0) is 11.8 Å². The molecule has 1 aliphatic heterocycles. The van der Waals surface area contributed by atoms with Gasteiger partial charge in [-0.3, -0.25) is 14.4 Å². The zero-order chi connectivity index (χ0) is 29.8. The number of amides is 2. The number of halogens is 2. The van der Waals surface area contributed by atoms with Gasteiger partial charge in [0, 0.05) is 75.0 Å². The maximum absolute atomic E-state index is 14.1. The summed E-state index contributed by atoms with van der Waals surface area (Å²) in [6.45, 7) is 4.17. The number of pyridine rings is 1. The fraction of sp³-hybridized carbons (Fsp3) is 0.300. The Morgan fingerprint density at radius 3 is 2.60 bits per heavy atom. The van der Waals surface area contributed by atoms with Crippen LogP contribution in [-0.4, -0.2) is 64.7 Å². The van der Waals surface area contributed by atoms with Crippen molar-refractivity contribution in [1.82, 2.24) is 29.3 Å². The summed E-state index contributed by atoms with van der Waals surface area (Å²) in [7, 11) is 3.31. The largest absolute Gasteiger partial charge is 0.383 e. The summed E-state index contributed by atoms with van der Waals surface area (Å²) in [6.07, 6.45) is 1.73. The van der Waals surface area contributed by atoms with E-state index in [0.717, 1.165) is 34.8 Å². The van der Waals surface area contributed by atoms with E-state index in [1.165, 1.54) is 16.7 Å². The van der Waals surface area contributed by atoms with Crippen molar-refractivity contribution in [2.75, 3.05) is 33.4 Å². The molecule has 1 fully saturated rings. The van der Waals surface area contributed by atoms with E-state index in [4.69, 9.17) is 9.84 Å². The number of likely N-dealkylation sites (tertiary alicyclic amines) is 1. The van der Waals surface area contributed by atoms with E-state index in [0.29, 0.717) is 42.5 Å². The van der Waals surface area contributed by atoms with Gasteiger partial charge in [0.2, 0.25) is 5.56 Å². The number of nitrogens with one attached hydrogen (secondary N) is 2. The maximum Gasteiger partial charge on any atom is 0.325 e. The molecule has 2 atom stereocenters. The van der Waals surface area contributed by atoms with E-state index in [9.17, 15) is 18.4 Å². The molecule has 3 heterocycles. The van der Waals surface area contributed by atoms with Gasteiger partial charge in [0.05, 0.1) is 24.0 Å². The van der Waals surface area contributed by atoms with E-state index >= 15 is 0 Å². The van der Waals surface area contributed by atoms with Crippen LogP contribution >= 0.6 is 11.9 Å². The SMILES string of the molecule is COCCN1C[C@@H](NC(=O)NSc2c(C)c(-c3ccc(=O)n(C)c3)nn2-c2ccccc2)[C@H](c2ccc(F)c(F)c2)C1. The number of hydrogen-bond donors (Lipinski definition) is 2. The molecule has 9 nitrogen and oxygen atoms in total. The zero-order valence-electron chi connectivity index (χ0n) is 23.5. The van der Waals surface area contributed by atoms with E-state index in [1.54, 1.807) is 37.2 Å². The Balaban J connectivity index is 1.37. The summed E-state index contributed by atoms with van der Waals surface area (Å²) in [6, 6.07) is 15.9. The number of carbonyl (C=O) groups is 1. The molecule has 220 valence electrons. The lowest BCUT2D eigenvalue weighted by Gasteiger charge is -2.20. The van der Waals surface area contributed by atoms with Crippen LogP contribution in [0.1, 0.15) is 17.0 Å². The van der Waals surface area contributed by atoms with E-state index < -0.39 is 17.7 Å². The monoisotopic (exact) mass is 594 g/mol. The molecule has 2 aromatic carbocycles. The predicted molar refractivity (Wildman–Crippen MR) is 158 cm³/mol. The lowest BCUT2D eigenvalue weighted by Crippen LogP contribution is -2.43. The molecule has 0 radical (unpaired) electrons. The van der Waals surface area contributed by atoms with Crippen LogP contribution < -0.4 is 15.6 Å². The molecule has 0 bridgehead atoms. The van der Waals surface area contributed by atoms with Gasteiger partial charge < -0.3 is 14.6 Å². The van der Waals surface area contributed by atoms with Crippen LogP contribution in [0.25, 0.3) is 16.9 Å². The number of rotatable bonds is 9. The minimum Gasteiger partial charge on any atom is -0.383 e. The molecule has 1 aliphatic rings. The van der Waals surface area contributed by atoms with Crippen molar-refractivity contribution in [1.29, 1.82) is 0 Å². The topological polar surface area (TPSA) is 93.4 Å². The van der Waals surface area contributed by atoms with Crippen molar-refractivity contribution in [3.63, 3.8) is 0 Å². The number of methoxy groups -OCH3 is 1. The first-order valence-electron chi connectivity index (χ1n) is 13.5. The average Bonchev–Trinajstić information content (AvgIpc) is 3.54. The Hall–Kier alpha value is -4.00. The number of ether oxygens (including phenoxy) is 1. The van der Waals surface area contributed by atoms with Crippen LogP contribution in [0.15, 0.2) is 76.7 Å². The minimum absolute atomic E-state index is 0.124. The summed E-state index contributed by atoms with van der Waals surface area (Å²) in [5, 5.41) is 8.56. The van der Waals surface area contributed by atoms with Crippen LogP contribution in [0.2, 0.25) is 0 Å². The molecule has 0 spiro atoms. The Morgan fingerprint density at radius 2 is 1.88 bits per heavy atom. The second-order valence-corrected chi connectivity index (χ2v) is 11.0. The van der Waals surface area contributed by atoms with Crippen molar-refractivity contribution >= 4 is 18.0 Å². The first-order chi connectivity index (χ1) is 20.2. The highest BCUT2D eigenvalue weighted by molar-refractivity contribution is 7.98. The molecular weight excluding hydrogens is 562 g/mol. The molecule has 4 aromatic rings. The molecule has 1 saturated heterocycles. The first-order valence-corrected chi connectivity index (χ1v) is 14.3.